The summed E-state index contributed by atoms with van der Waals surface area (Å²) in [5.74, 6) is -0.373. The van der Waals surface area contributed by atoms with Gasteiger partial charge in [0.05, 0.1) is 26.4 Å². The predicted molar refractivity (Wildman–Crippen MR) is 104 cm³/mol. The number of benzene rings is 2. The van der Waals surface area contributed by atoms with Gasteiger partial charge >= 0.3 is 0 Å². The molecule has 0 atom stereocenters. The Kier molecular flexibility index (Phi) is 3.61. The molecule has 130 valence electrons. The molecule has 5 rings (SSSR count). The number of para-hydroxylation sites is 1. The van der Waals surface area contributed by atoms with E-state index in [2.05, 4.69) is 15.3 Å². The van der Waals surface area contributed by atoms with Crippen LogP contribution in [-0.2, 0) is 4.79 Å². The molecule has 1 N–H and O–H groups in total. The average molecular weight is 384 g/mol. The van der Waals surface area contributed by atoms with E-state index in [0.29, 0.717) is 18.2 Å². The van der Waals surface area contributed by atoms with E-state index in [4.69, 9.17) is 0 Å². The lowest BCUT2D eigenvalue weighted by molar-refractivity contribution is -0.120. The quantitative estimate of drug-likeness (QED) is 0.577. The lowest BCUT2D eigenvalue weighted by atomic mass is 10.0. The fraction of sp³-hybridized carbons (Fsp3) is 0.167. The van der Waals surface area contributed by atoms with E-state index in [1.54, 1.807) is 6.07 Å². The highest BCUT2D eigenvalue weighted by molar-refractivity contribution is 7.22. The van der Waals surface area contributed by atoms with Crippen molar-refractivity contribution in [1.29, 1.82) is 0 Å². The van der Waals surface area contributed by atoms with E-state index in [-0.39, 0.29) is 17.6 Å². The Labute approximate surface area is 156 Å². The second kappa shape index (κ2) is 6.00. The molecule has 0 aliphatic carbocycles. The van der Waals surface area contributed by atoms with Crippen LogP contribution in [0.3, 0.4) is 0 Å². The van der Waals surface area contributed by atoms with Crippen molar-refractivity contribution in [3.05, 3.63) is 48.3 Å². The standard InChI is InChI=1S/C18H13FN4OS2/c19-11-5-6-13-15(7-11)26-18(21-13)23-8-10(9-23)16(24)22-17-20-12-3-1-2-4-14(12)25-17/h1-7,10H,8-9H2,(H,20,22,24). The van der Waals surface area contributed by atoms with Gasteiger partial charge in [0.2, 0.25) is 5.91 Å². The molecule has 0 spiro atoms. The van der Waals surface area contributed by atoms with Crippen molar-refractivity contribution in [1.82, 2.24) is 9.97 Å². The largest absolute Gasteiger partial charge is 0.346 e. The monoisotopic (exact) mass is 384 g/mol. The summed E-state index contributed by atoms with van der Waals surface area (Å²) < 4.78 is 15.2. The third kappa shape index (κ3) is 2.71. The first-order chi connectivity index (χ1) is 12.7. The summed E-state index contributed by atoms with van der Waals surface area (Å²) in [6.45, 7) is 1.22. The molecule has 1 amide bonds. The van der Waals surface area contributed by atoms with Gasteiger partial charge in [0.1, 0.15) is 5.82 Å². The van der Waals surface area contributed by atoms with Crippen molar-refractivity contribution < 1.29 is 9.18 Å². The smallest absolute Gasteiger partial charge is 0.232 e. The maximum Gasteiger partial charge on any atom is 0.232 e. The van der Waals surface area contributed by atoms with Crippen LogP contribution in [-0.4, -0.2) is 29.0 Å². The zero-order valence-electron chi connectivity index (χ0n) is 13.5. The van der Waals surface area contributed by atoms with E-state index >= 15 is 0 Å². The molecule has 5 nitrogen and oxygen atoms in total. The van der Waals surface area contributed by atoms with E-state index in [1.807, 2.05) is 29.2 Å². The molecule has 2 aromatic heterocycles. The van der Waals surface area contributed by atoms with E-state index < -0.39 is 0 Å². The highest BCUT2D eigenvalue weighted by Gasteiger charge is 2.34. The number of aromatic nitrogens is 2. The van der Waals surface area contributed by atoms with Gasteiger partial charge in [-0.05, 0) is 30.3 Å². The molecule has 3 heterocycles. The molecule has 1 fully saturated rings. The van der Waals surface area contributed by atoms with Gasteiger partial charge in [-0.15, -0.1) is 0 Å². The maximum atomic E-state index is 13.3. The number of hydrogen-bond acceptors (Lipinski definition) is 6. The number of nitrogens with zero attached hydrogens (tertiary/aromatic N) is 3. The lowest BCUT2D eigenvalue weighted by Gasteiger charge is -2.37. The molecule has 1 aliphatic rings. The number of amides is 1. The van der Waals surface area contributed by atoms with Gasteiger partial charge in [-0.2, -0.15) is 0 Å². The third-order valence-electron chi connectivity index (χ3n) is 4.39. The highest BCUT2D eigenvalue weighted by atomic mass is 32.1. The SMILES string of the molecule is O=C(Nc1nc2ccccc2s1)C1CN(c2nc3ccc(F)cc3s2)C1. The first kappa shape index (κ1) is 15.7. The molecular weight excluding hydrogens is 371 g/mol. The molecule has 1 aliphatic heterocycles. The lowest BCUT2D eigenvalue weighted by Crippen LogP contribution is -2.52. The first-order valence-electron chi connectivity index (χ1n) is 8.13. The second-order valence-electron chi connectivity index (χ2n) is 6.19. The van der Waals surface area contributed by atoms with Gasteiger partial charge in [0.25, 0.3) is 0 Å². The van der Waals surface area contributed by atoms with Crippen LogP contribution in [0.4, 0.5) is 14.7 Å². The second-order valence-corrected chi connectivity index (χ2v) is 8.23. The number of halogens is 1. The van der Waals surface area contributed by atoms with Gasteiger partial charge < -0.3 is 10.2 Å². The first-order valence-corrected chi connectivity index (χ1v) is 9.76. The third-order valence-corrected chi connectivity index (χ3v) is 6.42. The minimum Gasteiger partial charge on any atom is -0.346 e. The number of hydrogen-bond donors (Lipinski definition) is 1. The molecular formula is C18H13FN4OS2. The van der Waals surface area contributed by atoms with Crippen LogP contribution in [0.1, 0.15) is 0 Å². The number of rotatable bonds is 3. The molecule has 26 heavy (non-hydrogen) atoms. The zero-order valence-corrected chi connectivity index (χ0v) is 15.1. The van der Waals surface area contributed by atoms with Crippen LogP contribution in [0.2, 0.25) is 0 Å². The minimum atomic E-state index is -0.260. The number of carbonyl (C=O) groups excluding carboxylic acids is 1. The topological polar surface area (TPSA) is 58.1 Å². The summed E-state index contributed by atoms with van der Waals surface area (Å²) >= 11 is 2.93. The molecule has 2 aromatic carbocycles. The summed E-state index contributed by atoms with van der Waals surface area (Å²) in [6, 6.07) is 12.4. The fourth-order valence-corrected chi connectivity index (χ4v) is 4.83. The summed E-state index contributed by atoms with van der Waals surface area (Å²) in [5, 5.41) is 4.37. The van der Waals surface area contributed by atoms with Gasteiger partial charge in [-0.1, -0.05) is 34.8 Å². The summed E-state index contributed by atoms with van der Waals surface area (Å²) in [7, 11) is 0. The number of nitrogens with one attached hydrogen (secondary N) is 1. The van der Waals surface area contributed by atoms with E-state index in [9.17, 15) is 9.18 Å². The van der Waals surface area contributed by atoms with Crippen molar-refractivity contribution >= 4 is 59.3 Å². The van der Waals surface area contributed by atoms with Crippen molar-refractivity contribution in [2.45, 2.75) is 0 Å². The summed E-state index contributed by atoms with van der Waals surface area (Å²) in [6.07, 6.45) is 0. The van der Waals surface area contributed by atoms with Crippen molar-refractivity contribution in [3.63, 3.8) is 0 Å². The number of thiazole rings is 2. The Morgan fingerprint density at radius 2 is 1.88 bits per heavy atom. The number of anilines is 2. The Bertz CT molecular complexity index is 1100. The molecule has 0 unspecified atom stereocenters. The van der Waals surface area contributed by atoms with Crippen LogP contribution in [0.5, 0.6) is 0 Å². The number of fused-ring (bicyclic) bond motifs is 2. The fourth-order valence-electron chi connectivity index (χ4n) is 2.96. The van der Waals surface area contributed by atoms with Crippen LogP contribution < -0.4 is 10.2 Å². The van der Waals surface area contributed by atoms with Crippen molar-refractivity contribution in [3.8, 4) is 0 Å². The van der Waals surface area contributed by atoms with Crippen LogP contribution in [0.15, 0.2) is 42.5 Å². The molecule has 0 saturated carbocycles. The Balaban J connectivity index is 1.26. The van der Waals surface area contributed by atoms with Crippen LogP contribution in [0, 0.1) is 11.7 Å². The predicted octanol–water partition coefficient (Wildman–Crippen LogP) is 4.12. The normalized spacial score (nSPS) is 14.7. The Morgan fingerprint density at radius 3 is 2.73 bits per heavy atom. The zero-order chi connectivity index (χ0) is 17.7. The maximum absolute atomic E-state index is 13.3. The minimum absolute atomic E-state index is 0.0209. The van der Waals surface area contributed by atoms with E-state index in [0.717, 1.165) is 25.6 Å². The van der Waals surface area contributed by atoms with Crippen LogP contribution >= 0.6 is 22.7 Å². The summed E-state index contributed by atoms with van der Waals surface area (Å²) in [5.41, 5.74) is 1.68. The molecule has 0 bridgehead atoms. The van der Waals surface area contributed by atoms with Gasteiger partial charge in [-0.25, -0.2) is 14.4 Å². The highest BCUT2D eigenvalue weighted by Crippen LogP contribution is 2.34. The summed E-state index contributed by atoms with van der Waals surface area (Å²) in [4.78, 5) is 23.4. The van der Waals surface area contributed by atoms with Gasteiger partial charge in [0, 0.05) is 13.1 Å². The van der Waals surface area contributed by atoms with Gasteiger partial charge in [0.15, 0.2) is 10.3 Å². The van der Waals surface area contributed by atoms with Crippen molar-refractivity contribution in [2.75, 3.05) is 23.3 Å². The number of carbonyl (C=O) groups is 1. The molecule has 4 aromatic rings. The molecule has 8 heteroatoms. The Hall–Kier alpha value is -2.58. The van der Waals surface area contributed by atoms with Gasteiger partial charge in [-0.3, -0.25) is 4.79 Å². The molecule has 0 radical (unpaired) electrons. The average Bonchev–Trinajstić information content (AvgIpc) is 3.15. The Morgan fingerprint density at radius 1 is 1.08 bits per heavy atom. The molecule has 1 saturated heterocycles. The van der Waals surface area contributed by atoms with E-state index in [1.165, 1.54) is 34.8 Å². The van der Waals surface area contributed by atoms with Crippen LogP contribution in [0.25, 0.3) is 20.4 Å². The van der Waals surface area contributed by atoms with Crippen molar-refractivity contribution in [2.24, 2.45) is 5.92 Å².